The number of unbranched alkanes of at least 4 members (excludes halogenated alkanes) is 5. The van der Waals surface area contributed by atoms with Crippen molar-refractivity contribution in [1.82, 2.24) is 0 Å². The molecule has 0 nitrogen and oxygen atoms in total. The molecule has 0 aliphatic carbocycles. The van der Waals surface area contributed by atoms with Crippen LogP contribution in [-0.4, -0.2) is 0 Å². The van der Waals surface area contributed by atoms with Gasteiger partial charge in [-0.3, -0.25) is 0 Å². The van der Waals surface area contributed by atoms with E-state index >= 15 is 0 Å². The lowest BCUT2D eigenvalue weighted by molar-refractivity contribution is 0.441. The summed E-state index contributed by atoms with van der Waals surface area (Å²) in [4.78, 5) is 0. The van der Waals surface area contributed by atoms with E-state index in [9.17, 15) is 0 Å². The van der Waals surface area contributed by atoms with Crippen molar-refractivity contribution in [2.24, 2.45) is 5.92 Å². The van der Waals surface area contributed by atoms with E-state index < -0.39 is 0 Å². The molecule has 0 fully saturated rings. The molecule has 0 aliphatic rings. The van der Waals surface area contributed by atoms with Gasteiger partial charge in [0, 0.05) is 0 Å². The highest BCUT2D eigenvalue weighted by atomic mass is 14.2. The molecule has 1 unspecified atom stereocenters. The Hall–Kier alpha value is -0.780. The number of hydrogen-bond acceptors (Lipinski definition) is 0. The number of hydrogen-bond donors (Lipinski definition) is 0. The molecule has 1 rings (SSSR count). The first-order valence-corrected chi connectivity index (χ1v) is 7.72. The molecule has 0 aromatic heterocycles. The summed E-state index contributed by atoms with van der Waals surface area (Å²) in [5, 5.41) is 0. The molecule has 1 radical (unpaired) electrons. The van der Waals surface area contributed by atoms with Gasteiger partial charge >= 0.3 is 0 Å². The maximum absolute atomic E-state index is 3.41. The second kappa shape index (κ2) is 9.19. The first-order chi connectivity index (χ1) is 8.75. The Morgan fingerprint density at radius 2 is 1.72 bits per heavy atom. The van der Waals surface area contributed by atoms with Crippen LogP contribution in [0.2, 0.25) is 0 Å². The molecule has 1 atom stereocenters. The second-order valence-electron chi connectivity index (χ2n) is 5.72. The third-order valence-electron chi connectivity index (χ3n) is 3.81. The quantitative estimate of drug-likeness (QED) is 0.470. The zero-order valence-corrected chi connectivity index (χ0v) is 12.4. The summed E-state index contributed by atoms with van der Waals surface area (Å²) in [7, 11) is 0. The van der Waals surface area contributed by atoms with E-state index in [1.54, 1.807) is 0 Å². The molecule has 0 saturated carbocycles. The van der Waals surface area contributed by atoms with Gasteiger partial charge in [0.05, 0.1) is 0 Å². The minimum absolute atomic E-state index is 0.692. The van der Waals surface area contributed by atoms with Gasteiger partial charge in [0.2, 0.25) is 0 Å². The first-order valence-electron chi connectivity index (χ1n) is 7.72. The first kappa shape index (κ1) is 15.3. The van der Waals surface area contributed by atoms with Crippen molar-refractivity contribution < 1.29 is 0 Å². The predicted octanol–water partition coefficient (Wildman–Crippen LogP) is 5.98. The van der Waals surface area contributed by atoms with Gasteiger partial charge in [-0.1, -0.05) is 83.6 Å². The molecule has 0 heteroatoms. The van der Waals surface area contributed by atoms with E-state index in [0.29, 0.717) is 5.92 Å². The van der Waals surface area contributed by atoms with Crippen LogP contribution < -0.4 is 0 Å². The fraction of sp³-hybridized carbons (Fsp3) is 0.667. The Bertz CT molecular complexity index is 286. The van der Waals surface area contributed by atoms with Crippen LogP contribution >= 0.6 is 0 Å². The highest BCUT2D eigenvalue weighted by Crippen LogP contribution is 2.29. The van der Waals surface area contributed by atoms with Crippen LogP contribution in [-0.2, 0) is 0 Å². The van der Waals surface area contributed by atoms with Crippen molar-refractivity contribution in [1.29, 1.82) is 0 Å². The normalized spacial score (nSPS) is 12.9. The lowest BCUT2D eigenvalue weighted by Gasteiger charge is -2.21. The lowest BCUT2D eigenvalue weighted by Crippen LogP contribution is -2.06. The standard InChI is InChI=1S/C18H29/c1-4-5-6-7-8-12-15-18(16(2)3)17-13-10-9-11-14-17/h9-11,13,16,18H,4-8,12,15H2,1-3H3. The molecule has 18 heavy (non-hydrogen) atoms. The summed E-state index contributed by atoms with van der Waals surface area (Å²) in [5.74, 6) is 1.41. The van der Waals surface area contributed by atoms with Crippen LogP contribution in [0.5, 0.6) is 0 Å². The Balaban J connectivity index is 2.31. The van der Waals surface area contributed by atoms with Crippen LogP contribution in [0.1, 0.15) is 77.2 Å². The maximum Gasteiger partial charge on any atom is -0.0133 e. The van der Waals surface area contributed by atoms with Gasteiger partial charge in [0.15, 0.2) is 0 Å². The van der Waals surface area contributed by atoms with Crippen molar-refractivity contribution in [3.63, 3.8) is 0 Å². The summed E-state index contributed by atoms with van der Waals surface area (Å²) in [6.45, 7) is 6.95. The van der Waals surface area contributed by atoms with Crippen LogP contribution in [0.4, 0.5) is 0 Å². The Morgan fingerprint density at radius 1 is 1.00 bits per heavy atom. The van der Waals surface area contributed by atoms with Crippen molar-refractivity contribution >= 4 is 0 Å². The number of rotatable bonds is 9. The van der Waals surface area contributed by atoms with E-state index in [1.165, 1.54) is 50.5 Å². The van der Waals surface area contributed by atoms with Gasteiger partial charge in [-0.2, -0.15) is 0 Å². The van der Waals surface area contributed by atoms with Crippen LogP contribution in [0.15, 0.2) is 24.3 Å². The summed E-state index contributed by atoms with van der Waals surface area (Å²) < 4.78 is 0. The van der Waals surface area contributed by atoms with Crippen molar-refractivity contribution in [2.45, 2.75) is 71.6 Å². The van der Waals surface area contributed by atoms with Gasteiger partial charge in [0.25, 0.3) is 0 Å². The average molecular weight is 245 g/mol. The van der Waals surface area contributed by atoms with Gasteiger partial charge in [-0.15, -0.1) is 0 Å². The zero-order valence-electron chi connectivity index (χ0n) is 12.4. The highest BCUT2D eigenvalue weighted by Gasteiger charge is 2.14. The summed E-state index contributed by atoms with van der Waals surface area (Å²) >= 11 is 0. The third-order valence-corrected chi connectivity index (χ3v) is 3.81. The largest absolute Gasteiger partial charge is 0.0654 e. The van der Waals surface area contributed by atoms with E-state index in [0.717, 1.165) is 5.92 Å². The van der Waals surface area contributed by atoms with Gasteiger partial charge in [0.1, 0.15) is 0 Å². The van der Waals surface area contributed by atoms with E-state index in [-0.39, 0.29) is 0 Å². The molecular formula is C18H29. The predicted molar refractivity (Wildman–Crippen MR) is 80.9 cm³/mol. The Morgan fingerprint density at radius 3 is 2.33 bits per heavy atom. The number of benzene rings is 1. The van der Waals surface area contributed by atoms with E-state index in [4.69, 9.17) is 0 Å². The smallest absolute Gasteiger partial charge is 0.0133 e. The lowest BCUT2D eigenvalue weighted by atomic mass is 9.84. The summed E-state index contributed by atoms with van der Waals surface area (Å²) in [6, 6.07) is 11.9. The highest BCUT2D eigenvalue weighted by molar-refractivity contribution is 5.18. The van der Waals surface area contributed by atoms with E-state index in [1.807, 2.05) is 6.07 Å². The zero-order chi connectivity index (χ0) is 13.2. The maximum atomic E-state index is 3.41. The van der Waals surface area contributed by atoms with Crippen molar-refractivity contribution in [2.75, 3.05) is 0 Å². The minimum Gasteiger partial charge on any atom is -0.0654 e. The van der Waals surface area contributed by atoms with Gasteiger partial charge in [-0.25, -0.2) is 0 Å². The molecular weight excluding hydrogens is 216 g/mol. The van der Waals surface area contributed by atoms with Crippen molar-refractivity contribution in [3.05, 3.63) is 35.9 Å². The molecule has 0 amide bonds. The minimum atomic E-state index is 0.692. The fourth-order valence-corrected chi connectivity index (χ4v) is 2.63. The third kappa shape index (κ3) is 5.71. The molecule has 0 spiro atoms. The fourth-order valence-electron chi connectivity index (χ4n) is 2.63. The molecule has 0 saturated heterocycles. The van der Waals surface area contributed by atoms with Crippen LogP contribution in [0.3, 0.4) is 0 Å². The topological polar surface area (TPSA) is 0 Å². The molecule has 0 heterocycles. The second-order valence-corrected chi connectivity index (χ2v) is 5.72. The molecule has 101 valence electrons. The Kier molecular flexibility index (Phi) is 7.80. The summed E-state index contributed by atoms with van der Waals surface area (Å²) in [6.07, 6.45) is 9.67. The van der Waals surface area contributed by atoms with Crippen molar-refractivity contribution in [3.8, 4) is 0 Å². The average Bonchev–Trinajstić information content (AvgIpc) is 2.38. The van der Waals surface area contributed by atoms with E-state index in [2.05, 4.69) is 45.0 Å². The molecule has 0 aliphatic heterocycles. The Labute approximate surface area is 114 Å². The molecule has 1 aromatic carbocycles. The van der Waals surface area contributed by atoms with Gasteiger partial charge < -0.3 is 0 Å². The molecule has 0 bridgehead atoms. The molecule has 0 N–H and O–H groups in total. The SMILES string of the molecule is CCCCCCCCC(c1[c]cccc1)C(C)C. The van der Waals surface area contributed by atoms with Crippen LogP contribution in [0.25, 0.3) is 0 Å². The molecule has 1 aromatic rings. The summed E-state index contributed by atoms with van der Waals surface area (Å²) in [5.41, 5.74) is 1.40. The van der Waals surface area contributed by atoms with Gasteiger partial charge in [-0.05, 0) is 29.9 Å². The van der Waals surface area contributed by atoms with Crippen LogP contribution in [0, 0.1) is 12.0 Å². The monoisotopic (exact) mass is 245 g/mol.